The van der Waals surface area contributed by atoms with Crippen LogP contribution in [0.15, 0.2) is 18.3 Å². The summed E-state index contributed by atoms with van der Waals surface area (Å²) in [7, 11) is 0. The molecule has 2 aliphatic rings. The van der Waals surface area contributed by atoms with E-state index in [2.05, 4.69) is 4.98 Å². The Balaban J connectivity index is 1.53. The fraction of sp³-hybridized carbons (Fsp3) is 0.600. The number of carbonyl (C=O) groups is 2. The average Bonchev–Trinajstić information content (AvgIpc) is 3.14. The minimum atomic E-state index is 0.0457. The maximum atomic E-state index is 12.2. The molecule has 0 saturated carbocycles. The molecule has 108 valence electrons. The number of hydrogen-bond acceptors (Lipinski definition) is 2. The predicted molar refractivity (Wildman–Crippen MR) is 74.9 cm³/mol. The lowest BCUT2D eigenvalue weighted by Crippen LogP contribution is -2.35. The van der Waals surface area contributed by atoms with E-state index in [9.17, 15) is 9.59 Å². The highest BCUT2D eigenvalue weighted by molar-refractivity contribution is 5.84. The van der Waals surface area contributed by atoms with Crippen LogP contribution in [0.2, 0.25) is 0 Å². The summed E-state index contributed by atoms with van der Waals surface area (Å²) in [6.07, 6.45) is 3.14. The fourth-order valence-corrected chi connectivity index (χ4v) is 3.35. The number of likely N-dealkylation sites (tertiary alicyclic amines) is 2. The average molecular weight is 275 g/mol. The Kier molecular flexibility index (Phi) is 3.51. The van der Waals surface area contributed by atoms with Gasteiger partial charge in [-0.25, -0.2) is 0 Å². The molecule has 3 heterocycles. The van der Waals surface area contributed by atoms with E-state index in [1.165, 1.54) is 0 Å². The third-order valence-electron chi connectivity index (χ3n) is 4.53. The number of amides is 2. The number of aryl methyl sites for hydroxylation is 1. The van der Waals surface area contributed by atoms with E-state index in [1.807, 2.05) is 35.1 Å². The molecule has 5 nitrogen and oxygen atoms in total. The summed E-state index contributed by atoms with van der Waals surface area (Å²) < 4.78 is 0. The Morgan fingerprint density at radius 3 is 2.90 bits per heavy atom. The van der Waals surface area contributed by atoms with E-state index in [-0.39, 0.29) is 17.7 Å². The lowest BCUT2D eigenvalue weighted by atomic mass is 10.0. The highest BCUT2D eigenvalue weighted by Crippen LogP contribution is 2.32. The largest absolute Gasteiger partial charge is 0.365 e. The molecular formula is C15H21N3O2. The van der Waals surface area contributed by atoms with Gasteiger partial charge in [-0.1, -0.05) is 0 Å². The second-order valence-electron chi connectivity index (χ2n) is 5.74. The van der Waals surface area contributed by atoms with Gasteiger partial charge in [-0.3, -0.25) is 9.59 Å². The van der Waals surface area contributed by atoms with E-state index in [0.29, 0.717) is 18.9 Å². The molecule has 1 N–H and O–H groups in total. The zero-order chi connectivity index (χ0) is 14.1. The number of nitrogens with zero attached hydrogens (tertiary/aromatic N) is 2. The summed E-state index contributed by atoms with van der Waals surface area (Å²) in [5.41, 5.74) is 1.09. The van der Waals surface area contributed by atoms with Crippen molar-refractivity contribution in [3.8, 4) is 0 Å². The quantitative estimate of drug-likeness (QED) is 0.887. The second kappa shape index (κ2) is 5.31. The predicted octanol–water partition coefficient (Wildman–Crippen LogP) is 0.884. The van der Waals surface area contributed by atoms with Crippen molar-refractivity contribution in [2.45, 2.75) is 19.8 Å². The van der Waals surface area contributed by atoms with E-state index < -0.39 is 0 Å². The highest BCUT2D eigenvalue weighted by Gasteiger charge is 2.46. The van der Waals surface area contributed by atoms with Crippen molar-refractivity contribution in [1.82, 2.24) is 14.8 Å². The first kappa shape index (κ1) is 13.2. The first-order valence-electron chi connectivity index (χ1n) is 7.38. The summed E-state index contributed by atoms with van der Waals surface area (Å²) in [6.45, 7) is 4.98. The van der Waals surface area contributed by atoms with Gasteiger partial charge in [0.25, 0.3) is 0 Å². The topological polar surface area (TPSA) is 56.4 Å². The van der Waals surface area contributed by atoms with Gasteiger partial charge in [0.15, 0.2) is 0 Å². The van der Waals surface area contributed by atoms with Gasteiger partial charge in [0.1, 0.15) is 0 Å². The van der Waals surface area contributed by atoms with Crippen molar-refractivity contribution in [1.29, 1.82) is 0 Å². The smallest absolute Gasteiger partial charge is 0.227 e. The van der Waals surface area contributed by atoms with Crippen molar-refractivity contribution in [2.24, 2.45) is 11.8 Å². The molecule has 0 bridgehead atoms. The zero-order valence-corrected chi connectivity index (χ0v) is 11.8. The molecule has 0 spiro atoms. The first-order chi connectivity index (χ1) is 9.69. The minimum Gasteiger partial charge on any atom is -0.365 e. The number of carbonyl (C=O) groups excluding carboxylic acids is 2. The normalized spacial score (nSPS) is 25.4. The number of H-pyrrole nitrogens is 1. The lowest BCUT2D eigenvalue weighted by molar-refractivity contribution is -0.133. The molecule has 1 aromatic heterocycles. The van der Waals surface area contributed by atoms with Crippen molar-refractivity contribution < 1.29 is 9.59 Å². The van der Waals surface area contributed by atoms with Crippen molar-refractivity contribution >= 4 is 11.8 Å². The van der Waals surface area contributed by atoms with Gasteiger partial charge in [0, 0.05) is 50.4 Å². The van der Waals surface area contributed by atoms with Crippen LogP contribution in [0.25, 0.3) is 0 Å². The van der Waals surface area contributed by atoms with Gasteiger partial charge in [0.2, 0.25) is 11.8 Å². The van der Waals surface area contributed by atoms with Gasteiger partial charge in [-0.15, -0.1) is 0 Å². The molecule has 2 atom stereocenters. The zero-order valence-electron chi connectivity index (χ0n) is 11.8. The lowest BCUT2D eigenvalue weighted by Gasteiger charge is -2.20. The Morgan fingerprint density at radius 1 is 1.40 bits per heavy atom. The standard InChI is InChI=1S/C15H21N3O2/c1-2-17-8-11-9-18(10-13(11)15(17)20)14(19)6-5-12-4-3-7-16-12/h3-4,7,11,13,16H,2,5-6,8-10H2,1H3/t11-,13+/m1/s1. The summed E-state index contributed by atoms with van der Waals surface area (Å²) in [5, 5.41) is 0. The third kappa shape index (κ3) is 2.32. The SMILES string of the molecule is CCN1C[C@@H]2CN(C(=O)CCc3ccc[nH]3)C[C@@H]2C1=O. The van der Waals surface area contributed by atoms with Gasteiger partial charge >= 0.3 is 0 Å². The van der Waals surface area contributed by atoms with E-state index in [1.54, 1.807) is 0 Å². The second-order valence-corrected chi connectivity index (χ2v) is 5.74. The Morgan fingerprint density at radius 2 is 2.25 bits per heavy atom. The molecule has 0 unspecified atom stereocenters. The van der Waals surface area contributed by atoms with Crippen LogP contribution in [-0.4, -0.2) is 52.8 Å². The summed E-state index contributed by atoms with van der Waals surface area (Å²) in [4.78, 5) is 31.2. The molecule has 2 amide bonds. The van der Waals surface area contributed by atoms with Gasteiger partial charge in [0.05, 0.1) is 5.92 Å². The third-order valence-corrected chi connectivity index (χ3v) is 4.53. The van der Waals surface area contributed by atoms with E-state index in [0.717, 1.165) is 31.7 Å². The number of fused-ring (bicyclic) bond motifs is 1. The Labute approximate surface area is 118 Å². The van der Waals surface area contributed by atoms with Crippen LogP contribution in [0.4, 0.5) is 0 Å². The van der Waals surface area contributed by atoms with Crippen LogP contribution < -0.4 is 0 Å². The van der Waals surface area contributed by atoms with Gasteiger partial charge in [-0.2, -0.15) is 0 Å². The Hall–Kier alpha value is -1.78. The highest BCUT2D eigenvalue weighted by atomic mass is 16.2. The number of nitrogens with one attached hydrogen (secondary N) is 1. The van der Waals surface area contributed by atoms with Crippen LogP contribution in [0.1, 0.15) is 19.0 Å². The van der Waals surface area contributed by atoms with E-state index in [4.69, 9.17) is 0 Å². The number of aromatic amines is 1. The molecule has 2 fully saturated rings. The monoisotopic (exact) mass is 275 g/mol. The molecule has 3 rings (SSSR count). The molecule has 0 radical (unpaired) electrons. The van der Waals surface area contributed by atoms with Crippen LogP contribution >= 0.6 is 0 Å². The van der Waals surface area contributed by atoms with Crippen LogP contribution in [-0.2, 0) is 16.0 Å². The maximum absolute atomic E-state index is 12.2. The van der Waals surface area contributed by atoms with Crippen LogP contribution in [0.5, 0.6) is 0 Å². The maximum Gasteiger partial charge on any atom is 0.227 e. The van der Waals surface area contributed by atoms with Gasteiger partial charge < -0.3 is 14.8 Å². The number of aromatic nitrogens is 1. The summed E-state index contributed by atoms with van der Waals surface area (Å²) in [6, 6.07) is 3.94. The molecule has 0 aromatic carbocycles. The number of hydrogen-bond donors (Lipinski definition) is 1. The van der Waals surface area contributed by atoms with Crippen molar-refractivity contribution in [3.05, 3.63) is 24.0 Å². The first-order valence-corrected chi connectivity index (χ1v) is 7.38. The van der Waals surface area contributed by atoms with Crippen molar-refractivity contribution in [2.75, 3.05) is 26.2 Å². The molecule has 5 heteroatoms. The van der Waals surface area contributed by atoms with Crippen LogP contribution in [0.3, 0.4) is 0 Å². The Bertz CT molecular complexity index is 497. The molecule has 2 saturated heterocycles. The number of rotatable bonds is 4. The van der Waals surface area contributed by atoms with Crippen LogP contribution in [0, 0.1) is 11.8 Å². The van der Waals surface area contributed by atoms with Crippen molar-refractivity contribution in [3.63, 3.8) is 0 Å². The summed E-state index contributed by atoms with van der Waals surface area (Å²) in [5.74, 6) is 0.795. The summed E-state index contributed by atoms with van der Waals surface area (Å²) >= 11 is 0. The fourth-order valence-electron chi connectivity index (χ4n) is 3.35. The minimum absolute atomic E-state index is 0.0457. The van der Waals surface area contributed by atoms with E-state index >= 15 is 0 Å². The molecular weight excluding hydrogens is 254 g/mol. The molecule has 20 heavy (non-hydrogen) atoms. The molecule has 2 aliphatic heterocycles. The van der Waals surface area contributed by atoms with Gasteiger partial charge in [-0.05, 0) is 25.5 Å². The molecule has 1 aromatic rings. The molecule has 0 aliphatic carbocycles.